The normalized spacial score (nSPS) is 26.9. The molecule has 0 amide bonds. The molecule has 0 fully saturated rings. The van der Waals surface area contributed by atoms with Gasteiger partial charge in [-0.05, 0) is 81.5 Å². The second-order valence-electron chi connectivity index (χ2n) is 15.3. The third kappa shape index (κ3) is 13.2. The minimum atomic E-state index is -0.330. The van der Waals surface area contributed by atoms with Crippen molar-refractivity contribution in [2.24, 2.45) is 35.0 Å². The smallest absolute Gasteiger partial charge is 0.164 e. The zero-order valence-corrected chi connectivity index (χ0v) is 29.0. The van der Waals surface area contributed by atoms with Crippen molar-refractivity contribution in [3.05, 3.63) is 46.6 Å². The molecule has 246 valence electrons. The number of ketones is 1. The summed E-state index contributed by atoms with van der Waals surface area (Å²) in [5.74, 6) is 3.00. The van der Waals surface area contributed by atoms with Crippen LogP contribution in [-0.2, 0) is 4.79 Å². The van der Waals surface area contributed by atoms with Crippen molar-refractivity contribution < 1.29 is 20.1 Å². The van der Waals surface area contributed by atoms with E-state index in [0.717, 1.165) is 36.3 Å². The van der Waals surface area contributed by atoms with E-state index in [1.807, 2.05) is 19.1 Å². The van der Waals surface area contributed by atoms with E-state index in [1.165, 1.54) is 50.5 Å². The molecule has 4 heteroatoms. The number of carbonyl (C=O) groups excluding carboxylic acids is 1. The Morgan fingerprint density at radius 1 is 1.00 bits per heavy atom. The molecule has 2 rings (SSSR count). The molecule has 0 aromatic heterocycles. The maximum Gasteiger partial charge on any atom is 0.164 e. The molecule has 2 aliphatic carbocycles. The fraction of sp³-hybridized carbons (Fsp3) is 0.769. The highest BCUT2D eigenvalue weighted by Crippen LogP contribution is 2.42. The van der Waals surface area contributed by atoms with Gasteiger partial charge in [-0.2, -0.15) is 0 Å². The van der Waals surface area contributed by atoms with Gasteiger partial charge in [0.15, 0.2) is 5.78 Å². The lowest BCUT2D eigenvalue weighted by Crippen LogP contribution is -2.30. The van der Waals surface area contributed by atoms with Crippen molar-refractivity contribution >= 4 is 5.78 Å². The SMILES string of the molecule is CC1=C[C@H](O)C[C@@H](C)[C@H]1/C=C/C(C)CCCC(C)CCCCC(C)CC/C=C(\CO)C(=O)CC1=C(C)C[C@@H](O)CC1(C)C. The van der Waals surface area contributed by atoms with E-state index in [4.69, 9.17) is 0 Å². The monoisotopic (exact) mass is 598 g/mol. The van der Waals surface area contributed by atoms with Crippen LogP contribution in [0.2, 0.25) is 0 Å². The first-order valence-electron chi connectivity index (χ1n) is 17.5. The number of rotatable bonds is 18. The van der Waals surface area contributed by atoms with Gasteiger partial charge in [0.05, 0.1) is 18.8 Å². The Morgan fingerprint density at radius 2 is 1.63 bits per heavy atom. The Bertz CT molecular complexity index is 983. The minimum absolute atomic E-state index is 0.0279. The Kier molecular flexibility index (Phi) is 16.2. The molecule has 3 unspecified atom stereocenters. The first-order valence-corrected chi connectivity index (χ1v) is 17.5. The predicted molar refractivity (Wildman–Crippen MR) is 182 cm³/mol. The van der Waals surface area contributed by atoms with E-state index in [2.05, 4.69) is 60.6 Å². The van der Waals surface area contributed by atoms with Gasteiger partial charge in [-0.3, -0.25) is 4.79 Å². The van der Waals surface area contributed by atoms with Gasteiger partial charge >= 0.3 is 0 Å². The van der Waals surface area contributed by atoms with Crippen LogP contribution < -0.4 is 0 Å². The molecule has 0 saturated carbocycles. The molecule has 3 N–H and O–H groups in total. The fourth-order valence-electron chi connectivity index (χ4n) is 7.58. The second kappa shape index (κ2) is 18.5. The lowest BCUT2D eigenvalue weighted by Gasteiger charge is -2.37. The number of aliphatic hydroxyl groups excluding tert-OH is 3. The summed E-state index contributed by atoms with van der Waals surface area (Å²) in [7, 11) is 0. The summed E-state index contributed by atoms with van der Waals surface area (Å²) in [6.07, 6.45) is 21.5. The molecule has 0 heterocycles. The van der Waals surface area contributed by atoms with Crippen molar-refractivity contribution in [2.75, 3.05) is 6.61 Å². The van der Waals surface area contributed by atoms with Gasteiger partial charge in [0.1, 0.15) is 0 Å². The van der Waals surface area contributed by atoms with Gasteiger partial charge in [0, 0.05) is 17.9 Å². The Balaban J connectivity index is 1.62. The molecular weight excluding hydrogens is 532 g/mol. The van der Waals surface area contributed by atoms with Crippen molar-refractivity contribution in [3.63, 3.8) is 0 Å². The van der Waals surface area contributed by atoms with E-state index in [-0.39, 0.29) is 30.0 Å². The molecule has 0 aromatic rings. The molecule has 0 spiro atoms. The number of hydrogen-bond acceptors (Lipinski definition) is 4. The quantitative estimate of drug-likeness (QED) is 0.0835. The Morgan fingerprint density at radius 3 is 2.23 bits per heavy atom. The molecule has 0 radical (unpaired) electrons. The maximum absolute atomic E-state index is 13.0. The van der Waals surface area contributed by atoms with Gasteiger partial charge in [-0.1, -0.05) is 121 Å². The van der Waals surface area contributed by atoms with Crippen molar-refractivity contribution in [1.82, 2.24) is 0 Å². The van der Waals surface area contributed by atoms with Gasteiger partial charge in [-0.15, -0.1) is 0 Å². The van der Waals surface area contributed by atoms with Crippen LogP contribution >= 0.6 is 0 Å². The highest BCUT2D eigenvalue weighted by atomic mass is 16.3. The highest BCUT2D eigenvalue weighted by molar-refractivity contribution is 5.97. The zero-order valence-electron chi connectivity index (χ0n) is 29.0. The molecule has 7 atom stereocenters. The van der Waals surface area contributed by atoms with Gasteiger partial charge in [0.2, 0.25) is 0 Å². The number of hydrogen-bond donors (Lipinski definition) is 3. The molecule has 0 aromatic carbocycles. The maximum atomic E-state index is 13.0. The average molecular weight is 599 g/mol. The van der Waals surface area contributed by atoms with E-state index < -0.39 is 0 Å². The van der Waals surface area contributed by atoms with Crippen molar-refractivity contribution in [3.8, 4) is 0 Å². The van der Waals surface area contributed by atoms with Crippen LogP contribution in [0, 0.1) is 35.0 Å². The van der Waals surface area contributed by atoms with Crippen molar-refractivity contribution in [1.29, 1.82) is 0 Å². The summed E-state index contributed by atoms with van der Waals surface area (Å²) in [5.41, 5.74) is 3.93. The van der Waals surface area contributed by atoms with Crippen LogP contribution in [0.4, 0.5) is 0 Å². The standard InChI is InChI=1S/C39H66O4/c1-27(15-11-16-29(3)19-20-36-30(4)21-34(41)22-31(36)5)13-9-10-14-28(2)17-12-18-33(26-40)38(43)24-37-32(6)23-35(42)25-39(37,7)8/h18-21,27-29,31,34-36,40-42H,9-17,22-26H2,1-8H3/b20-19+,33-18+/t27?,28?,29?,31-,34+,35-,36+/m1/s1. The van der Waals surface area contributed by atoms with Crippen LogP contribution in [0.25, 0.3) is 0 Å². The number of aliphatic hydroxyl groups is 3. The van der Waals surface area contributed by atoms with Crippen LogP contribution in [-0.4, -0.2) is 39.9 Å². The average Bonchev–Trinajstić information content (AvgIpc) is 2.90. The summed E-state index contributed by atoms with van der Waals surface area (Å²) in [6.45, 7) is 17.5. The predicted octanol–water partition coefficient (Wildman–Crippen LogP) is 9.30. The lowest BCUT2D eigenvalue weighted by molar-refractivity contribution is -0.115. The van der Waals surface area contributed by atoms with Gasteiger partial charge < -0.3 is 15.3 Å². The molecule has 0 saturated heterocycles. The lowest BCUT2D eigenvalue weighted by atomic mass is 9.70. The molecule has 2 aliphatic rings. The van der Waals surface area contributed by atoms with Crippen LogP contribution in [0.3, 0.4) is 0 Å². The van der Waals surface area contributed by atoms with Crippen LogP contribution in [0.5, 0.6) is 0 Å². The summed E-state index contributed by atoms with van der Waals surface area (Å²) < 4.78 is 0. The summed E-state index contributed by atoms with van der Waals surface area (Å²) in [5, 5.41) is 30.0. The second-order valence-corrected chi connectivity index (χ2v) is 15.3. The molecule has 0 bridgehead atoms. The first-order chi connectivity index (χ1) is 20.2. The number of Topliss-reactive ketones (excluding diaryl/α,β-unsaturated/α-hetero) is 1. The van der Waals surface area contributed by atoms with Gasteiger partial charge in [0.25, 0.3) is 0 Å². The first kappa shape index (κ1) is 37.7. The van der Waals surface area contributed by atoms with E-state index in [0.29, 0.717) is 48.5 Å². The summed E-state index contributed by atoms with van der Waals surface area (Å²) in [4.78, 5) is 13.0. The minimum Gasteiger partial charge on any atom is -0.393 e. The van der Waals surface area contributed by atoms with E-state index in [1.54, 1.807) is 0 Å². The zero-order chi connectivity index (χ0) is 32.2. The third-order valence-corrected chi connectivity index (χ3v) is 10.4. The fourth-order valence-corrected chi connectivity index (χ4v) is 7.58. The highest BCUT2D eigenvalue weighted by Gasteiger charge is 2.34. The Hall–Kier alpha value is -1.49. The summed E-state index contributed by atoms with van der Waals surface area (Å²) in [6, 6.07) is 0. The van der Waals surface area contributed by atoms with Crippen molar-refractivity contribution in [2.45, 2.75) is 151 Å². The number of unbranched alkanes of at least 4 members (excludes halogenated alkanes) is 1. The largest absolute Gasteiger partial charge is 0.393 e. The van der Waals surface area contributed by atoms with E-state index >= 15 is 0 Å². The van der Waals surface area contributed by atoms with Crippen LogP contribution in [0.1, 0.15) is 139 Å². The Labute approximate surface area is 264 Å². The van der Waals surface area contributed by atoms with E-state index in [9.17, 15) is 20.1 Å². The molecular formula is C39H66O4. The van der Waals surface area contributed by atoms with Crippen LogP contribution in [0.15, 0.2) is 46.6 Å². The molecule has 4 nitrogen and oxygen atoms in total. The number of allylic oxidation sites excluding steroid dienone is 5. The summed E-state index contributed by atoms with van der Waals surface area (Å²) >= 11 is 0. The number of carbonyl (C=O) groups is 1. The third-order valence-electron chi connectivity index (χ3n) is 10.4. The molecule has 43 heavy (non-hydrogen) atoms. The van der Waals surface area contributed by atoms with Gasteiger partial charge in [-0.25, -0.2) is 0 Å². The topological polar surface area (TPSA) is 77.8 Å². The molecule has 0 aliphatic heterocycles.